The molecular weight excluding hydrogens is 357 g/mol. The van der Waals surface area contributed by atoms with E-state index in [1.54, 1.807) is 21.1 Å². The zero-order valence-electron chi connectivity index (χ0n) is 15.0. The predicted octanol–water partition coefficient (Wildman–Crippen LogP) is 2.99. The normalized spacial score (nSPS) is 11.3. The van der Waals surface area contributed by atoms with E-state index in [4.69, 9.17) is 14.6 Å². The molecule has 3 rings (SSSR count). The number of hydrogen-bond donors (Lipinski definition) is 3. The molecule has 1 aromatic heterocycles. The van der Waals surface area contributed by atoms with Crippen LogP contribution in [-0.2, 0) is 11.1 Å². The van der Waals surface area contributed by atoms with Gasteiger partial charge in [0, 0.05) is 35.0 Å². The third-order valence-corrected chi connectivity index (χ3v) is 4.68. The van der Waals surface area contributed by atoms with Crippen molar-refractivity contribution in [3.8, 4) is 11.5 Å². The Kier molecular flexibility index (Phi) is 6.67. The summed E-state index contributed by atoms with van der Waals surface area (Å²) in [6, 6.07) is 11.3. The Hall–Kier alpha value is -2.05. The van der Waals surface area contributed by atoms with Crippen molar-refractivity contribution in [1.82, 2.24) is 4.57 Å². The van der Waals surface area contributed by atoms with E-state index >= 15 is 0 Å². The number of benzene rings is 2. The lowest BCUT2D eigenvalue weighted by Gasteiger charge is -2.09. The van der Waals surface area contributed by atoms with E-state index in [9.17, 15) is 14.4 Å². The molecule has 0 saturated carbocycles. The van der Waals surface area contributed by atoms with Gasteiger partial charge in [-0.25, -0.2) is 0 Å². The zero-order valence-corrected chi connectivity index (χ0v) is 15.9. The molecule has 142 valence electrons. The largest absolute Gasteiger partial charge is 0.497 e. The number of aliphatic hydroxyl groups excluding tert-OH is 1. The summed E-state index contributed by atoms with van der Waals surface area (Å²) in [6.07, 6.45) is -0.204. The molecule has 0 bridgehead atoms. The first-order valence-electron chi connectivity index (χ1n) is 8.14. The summed E-state index contributed by atoms with van der Waals surface area (Å²) >= 11 is 0. The molecule has 0 fully saturated rings. The summed E-state index contributed by atoms with van der Waals surface area (Å²) in [5.74, 6) is 1.46. The van der Waals surface area contributed by atoms with Gasteiger partial charge in [-0.2, -0.15) is 0 Å². The molecule has 0 spiro atoms. The van der Waals surface area contributed by atoms with Crippen LogP contribution in [-0.4, -0.2) is 46.4 Å². The molecule has 8 heteroatoms. The van der Waals surface area contributed by atoms with Crippen molar-refractivity contribution in [1.29, 1.82) is 0 Å². The lowest BCUT2D eigenvalue weighted by Crippen LogP contribution is -2.03. The number of methoxy groups -OCH3 is 2. The van der Waals surface area contributed by atoms with Gasteiger partial charge in [-0.3, -0.25) is 4.57 Å². The van der Waals surface area contributed by atoms with Crippen molar-refractivity contribution in [3.63, 3.8) is 0 Å². The van der Waals surface area contributed by atoms with E-state index in [1.807, 2.05) is 41.0 Å². The van der Waals surface area contributed by atoms with E-state index in [0.717, 1.165) is 33.3 Å². The van der Waals surface area contributed by atoms with Crippen molar-refractivity contribution >= 4 is 29.4 Å². The monoisotopic (exact) mass is 381 g/mol. The number of rotatable bonds is 5. The SMILES string of the molecule is CCO.COc1ccc2c(c1)c1cc(OC)ccc1n2CCP(=O)(O)O. The number of ether oxygens (including phenoxy) is 2. The summed E-state index contributed by atoms with van der Waals surface area (Å²) < 4.78 is 23.7. The molecular formula is C18H24NO6P. The number of hydrogen-bond acceptors (Lipinski definition) is 4. The summed E-state index contributed by atoms with van der Waals surface area (Å²) in [5.41, 5.74) is 1.81. The van der Waals surface area contributed by atoms with Gasteiger partial charge in [0.05, 0.1) is 20.4 Å². The molecule has 0 amide bonds. The molecule has 0 aliphatic heterocycles. The quantitative estimate of drug-likeness (QED) is 0.588. The van der Waals surface area contributed by atoms with Crippen molar-refractivity contribution in [2.45, 2.75) is 13.5 Å². The molecule has 0 atom stereocenters. The average Bonchev–Trinajstić information content (AvgIpc) is 2.92. The molecule has 0 unspecified atom stereocenters. The predicted molar refractivity (Wildman–Crippen MR) is 102 cm³/mol. The maximum absolute atomic E-state index is 11.2. The number of aromatic nitrogens is 1. The second kappa shape index (κ2) is 8.56. The minimum Gasteiger partial charge on any atom is -0.497 e. The minimum absolute atomic E-state index is 0.204. The number of aliphatic hydroxyl groups is 1. The van der Waals surface area contributed by atoms with Crippen LogP contribution in [0.4, 0.5) is 0 Å². The van der Waals surface area contributed by atoms with Crippen molar-refractivity contribution < 1.29 is 28.9 Å². The van der Waals surface area contributed by atoms with Gasteiger partial charge in [-0.1, -0.05) is 0 Å². The topological polar surface area (TPSA) is 101 Å². The average molecular weight is 381 g/mol. The van der Waals surface area contributed by atoms with Gasteiger partial charge in [-0.05, 0) is 43.3 Å². The van der Waals surface area contributed by atoms with Crippen LogP contribution in [0, 0.1) is 0 Å². The van der Waals surface area contributed by atoms with E-state index in [-0.39, 0.29) is 19.3 Å². The lowest BCUT2D eigenvalue weighted by atomic mass is 10.1. The Morgan fingerprint density at radius 2 is 1.38 bits per heavy atom. The molecule has 3 aromatic rings. The second-order valence-corrected chi connectivity index (χ2v) is 7.40. The first kappa shape index (κ1) is 20.3. The molecule has 26 heavy (non-hydrogen) atoms. The van der Waals surface area contributed by atoms with Gasteiger partial charge in [0.25, 0.3) is 0 Å². The fraction of sp³-hybridized carbons (Fsp3) is 0.333. The van der Waals surface area contributed by atoms with Gasteiger partial charge in [0.1, 0.15) is 11.5 Å². The zero-order chi connectivity index (χ0) is 19.3. The minimum atomic E-state index is -4.06. The Balaban J connectivity index is 0.000000758. The van der Waals surface area contributed by atoms with Gasteiger partial charge in [0.15, 0.2) is 0 Å². The Morgan fingerprint density at radius 1 is 0.962 bits per heavy atom. The summed E-state index contributed by atoms with van der Waals surface area (Å²) in [7, 11) is -0.852. The Labute approximate surface area is 151 Å². The van der Waals surface area contributed by atoms with Gasteiger partial charge < -0.3 is 28.9 Å². The maximum atomic E-state index is 11.2. The highest BCUT2D eigenvalue weighted by atomic mass is 31.2. The van der Waals surface area contributed by atoms with Crippen LogP contribution in [0.15, 0.2) is 36.4 Å². The van der Waals surface area contributed by atoms with Gasteiger partial charge >= 0.3 is 7.60 Å². The van der Waals surface area contributed by atoms with Gasteiger partial charge in [0.2, 0.25) is 0 Å². The highest BCUT2D eigenvalue weighted by Gasteiger charge is 2.17. The van der Waals surface area contributed by atoms with Crippen molar-refractivity contribution in [2.75, 3.05) is 27.0 Å². The molecule has 7 nitrogen and oxygen atoms in total. The van der Waals surface area contributed by atoms with E-state index in [0.29, 0.717) is 0 Å². The van der Waals surface area contributed by atoms with E-state index < -0.39 is 7.60 Å². The standard InChI is InChI=1S/C16H18NO5P.C2H6O/c1-21-11-3-5-15-13(9-11)14-10-12(22-2)4-6-16(14)17(15)7-8-23(18,19)20;1-2-3/h3-6,9-10H,7-8H2,1-2H3,(H2,18,19,20);3H,2H2,1H3. The number of fused-ring (bicyclic) bond motifs is 3. The second-order valence-electron chi connectivity index (χ2n) is 5.62. The smallest absolute Gasteiger partial charge is 0.327 e. The molecule has 1 heterocycles. The van der Waals surface area contributed by atoms with Crippen LogP contribution < -0.4 is 9.47 Å². The number of nitrogens with zero attached hydrogens (tertiary/aromatic N) is 1. The maximum Gasteiger partial charge on any atom is 0.327 e. The van der Waals surface area contributed by atoms with Crippen LogP contribution in [0.25, 0.3) is 21.8 Å². The molecule has 0 radical (unpaired) electrons. The van der Waals surface area contributed by atoms with E-state index in [1.165, 1.54) is 0 Å². The van der Waals surface area contributed by atoms with Crippen molar-refractivity contribution in [2.24, 2.45) is 0 Å². The molecule has 0 aliphatic rings. The summed E-state index contributed by atoms with van der Waals surface area (Å²) in [4.78, 5) is 18.4. The summed E-state index contributed by atoms with van der Waals surface area (Å²) in [6.45, 7) is 2.17. The third kappa shape index (κ3) is 4.56. The molecule has 0 aliphatic carbocycles. The Morgan fingerprint density at radius 3 is 1.73 bits per heavy atom. The first-order valence-corrected chi connectivity index (χ1v) is 9.93. The highest BCUT2D eigenvalue weighted by Crippen LogP contribution is 2.37. The van der Waals surface area contributed by atoms with Crippen LogP contribution in [0.3, 0.4) is 0 Å². The fourth-order valence-electron chi connectivity index (χ4n) is 2.79. The van der Waals surface area contributed by atoms with Crippen LogP contribution in [0.2, 0.25) is 0 Å². The fourth-order valence-corrected chi connectivity index (χ4v) is 3.25. The van der Waals surface area contributed by atoms with E-state index in [2.05, 4.69) is 0 Å². The summed E-state index contributed by atoms with van der Waals surface area (Å²) in [5, 5.41) is 9.49. The van der Waals surface area contributed by atoms with Crippen molar-refractivity contribution in [3.05, 3.63) is 36.4 Å². The Bertz CT molecular complexity index is 869. The first-order chi connectivity index (χ1) is 12.3. The third-order valence-electron chi connectivity index (χ3n) is 3.89. The van der Waals surface area contributed by atoms with Crippen LogP contribution >= 0.6 is 7.60 Å². The van der Waals surface area contributed by atoms with Gasteiger partial charge in [-0.15, -0.1) is 0 Å². The lowest BCUT2D eigenvalue weighted by molar-refractivity contribution is 0.318. The van der Waals surface area contributed by atoms with Crippen LogP contribution in [0.1, 0.15) is 6.92 Å². The number of aryl methyl sites for hydroxylation is 1. The van der Waals surface area contributed by atoms with Crippen LogP contribution in [0.5, 0.6) is 11.5 Å². The molecule has 3 N–H and O–H groups in total. The molecule has 0 saturated heterocycles. The highest BCUT2D eigenvalue weighted by molar-refractivity contribution is 7.51. The molecule has 2 aromatic carbocycles.